The second-order valence-corrected chi connectivity index (χ2v) is 5.89. The van der Waals surface area contributed by atoms with Gasteiger partial charge in [-0.25, -0.2) is 0 Å². The molecule has 6 heteroatoms. The first kappa shape index (κ1) is 17.1. The molecule has 0 saturated carbocycles. The molecular weight excluding hydrogens is 314 g/mol. The van der Waals surface area contributed by atoms with Crippen LogP contribution in [0, 0.1) is 25.2 Å². The average Bonchev–Trinajstić information content (AvgIpc) is 2.72. The Morgan fingerprint density at radius 1 is 1.43 bits per heavy atom. The zero-order valence-corrected chi connectivity index (χ0v) is 14.1. The Morgan fingerprint density at radius 2 is 2.17 bits per heavy atom. The van der Waals surface area contributed by atoms with Gasteiger partial charge < -0.3 is 4.42 Å². The van der Waals surface area contributed by atoms with Gasteiger partial charge in [0, 0.05) is 17.1 Å². The third-order valence-corrected chi connectivity index (χ3v) is 3.74. The summed E-state index contributed by atoms with van der Waals surface area (Å²) in [6, 6.07) is 9.55. The van der Waals surface area contributed by atoms with Crippen LogP contribution in [0.4, 0.5) is 5.88 Å². The highest BCUT2D eigenvalue weighted by atomic mass is 35.5. The number of nitrogens with one attached hydrogen (secondary N) is 1. The number of benzene rings is 1. The highest BCUT2D eigenvalue weighted by Crippen LogP contribution is 2.25. The fraction of sp³-hybridized carbons (Fsp3) is 0.294. The molecule has 0 aliphatic rings. The number of hydrogen-bond donors (Lipinski definition) is 1. The monoisotopic (exact) mass is 331 g/mol. The maximum absolute atomic E-state index is 12.1. The van der Waals surface area contributed by atoms with Crippen LogP contribution in [0.3, 0.4) is 0 Å². The van der Waals surface area contributed by atoms with E-state index in [9.17, 15) is 4.79 Å². The van der Waals surface area contributed by atoms with E-state index in [4.69, 9.17) is 21.3 Å². The van der Waals surface area contributed by atoms with Gasteiger partial charge >= 0.3 is 0 Å². The summed E-state index contributed by atoms with van der Waals surface area (Å²) in [5, 5.41) is 12.5. The summed E-state index contributed by atoms with van der Waals surface area (Å²) in [6.45, 7) is 4.32. The van der Waals surface area contributed by atoms with Crippen molar-refractivity contribution >= 4 is 23.4 Å². The van der Waals surface area contributed by atoms with Gasteiger partial charge in [-0.3, -0.25) is 15.0 Å². The van der Waals surface area contributed by atoms with Crippen molar-refractivity contribution in [1.29, 1.82) is 5.26 Å². The largest absolute Gasteiger partial charge is 0.444 e. The van der Waals surface area contributed by atoms with E-state index in [1.165, 1.54) is 0 Å². The molecule has 1 aromatic carbocycles. The summed E-state index contributed by atoms with van der Waals surface area (Å²) >= 11 is 5.95. The van der Waals surface area contributed by atoms with E-state index in [2.05, 4.69) is 11.4 Å². The number of carbonyl (C=O) groups is 1. The molecule has 0 unspecified atom stereocenters. The zero-order chi connectivity index (χ0) is 17.0. The first-order chi connectivity index (χ1) is 10.9. The lowest BCUT2D eigenvalue weighted by Crippen LogP contribution is -2.29. The average molecular weight is 332 g/mol. The number of furan rings is 1. The van der Waals surface area contributed by atoms with Crippen LogP contribution in [0.2, 0.25) is 5.02 Å². The molecule has 0 spiro atoms. The van der Waals surface area contributed by atoms with Crippen molar-refractivity contribution in [2.45, 2.75) is 20.4 Å². The molecular formula is C17H18ClN3O2. The van der Waals surface area contributed by atoms with Crippen LogP contribution >= 0.6 is 11.6 Å². The molecule has 1 heterocycles. The van der Waals surface area contributed by atoms with Crippen LogP contribution in [0.25, 0.3) is 0 Å². The topological polar surface area (TPSA) is 69.3 Å². The second kappa shape index (κ2) is 7.32. The van der Waals surface area contributed by atoms with Gasteiger partial charge in [-0.05, 0) is 38.6 Å². The minimum Gasteiger partial charge on any atom is -0.444 e. The lowest BCUT2D eigenvalue weighted by Gasteiger charge is -2.16. The third-order valence-electron chi connectivity index (χ3n) is 3.51. The number of halogens is 1. The highest BCUT2D eigenvalue weighted by molar-refractivity contribution is 6.30. The van der Waals surface area contributed by atoms with Gasteiger partial charge in [-0.15, -0.1) is 0 Å². The van der Waals surface area contributed by atoms with E-state index in [1.54, 1.807) is 13.8 Å². The Balaban J connectivity index is 1.97. The zero-order valence-electron chi connectivity index (χ0n) is 13.3. The summed E-state index contributed by atoms with van der Waals surface area (Å²) in [5.74, 6) is 0.604. The Bertz CT molecular complexity index is 762. The number of hydrogen-bond acceptors (Lipinski definition) is 4. The molecule has 5 nitrogen and oxygen atoms in total. The molecule has 1 amide bonds. The number of anilines is 1. The van der Waals surface area contributed by atoms with Crippen molar-refractivity contribution in [1.82, 2.24) is 4.90 Å². The Morgan fingerprint density at radius 3 is 2.83 bits per heavy atom. The fourth-order valence-corrected chi connectivity index (χ4v) is 2.48. The van der Waals surface area contributed by atoms with Crippen molar-refractivity contribution in [3.63, 3.8) is 0 Å². The molecule has 0 atom stereocenters. The van der Waals surface area contributed by atoms with E-state index in [-0.39, 0.29) is 18.3 Å². The van der Waals surface area contributed by atoms with Crippen LogP contribution < -0.4 is 5.32 Å². The Hall–Kier alpha value is -2.29. The maximum atomic E-state index is 12.1. The van der Waals surface area contributed by atoms with Gasteiger partial charge in [0.25, 0.3) is 0 Å². The first-order valence-electron chi connectivity index (χ1n) is 7.13. The summed E-state index contributed by atoms with van der Waals surface area (Å²) in [5.41, 5.74) is 2.14. The lowest BCUT2D eigenvalue weighted by atomic mass is 10.2. The second-order valence-electron chi connectivity index (χ2n) is 5.45. The Labute approximate surface area is 140 Å². The van der Waals surface area contributed by atoms with E-state index < -0.39 is 0 Å². The molecule has 1 N–H and O–H groups in total. The van der Waals surface area contributed by atoms with Crippen molar-refractivity contribution < 1.29 is 9.21 Å². The Kier molecular flexibility index (Phi) is 5.43. The van der Waals surface area contributed by atoms with Gasteiger partial charge in [-0.1, -0.05) is 23.7 Å². The van der Waals surface area contributed by atoms with Gasteiger partial charge in [0.05, 0.1) is 6.54 Å². The van der Waals surface area contributed by atoms with E-state index >= 15 is 0 Å². The first-order valence-corrected chi connectivity index (χ1v) is 7.51. The smallest absolute Gasteiger partial charge is 0.240 e. The normalized spacial score (nSPS) is 10.6. The van der Waals surface area contributed by atoms with Crippen molar-refractivity contribution in [2.75, 3.05) is 18.9 Å². The number of amides is 1. The number of aryl methyl sites for hydroxylation is 1. The van der Waals surface area contributed by atoms with Crippen LogP contribution in [0.1, 0.15) is 22.5 Å². The lowest BCUT2D eigenvalue weighted by molar-refractivity contribution is -0.117. The van der Waals surface area contributed by atoms with Crippen LogP contribution in [0.5, 0.6) is 0 Å². The van der Waals surface area contributed by atoms with E-state index in [0.717, 1.165) is 11.1 Å². The molecule has 2 rings (SSSR count). The predicted octanol–water partition coefficient (Wildman–Crippen LogP) is 3.49. The van der Waals surface area contributed by atoms with Crippen molar-refractivity contribution in [3.05, 3.63) is 51.7 Å². The number of carbonyl (C=O) groups excluding carboxylic acids is 1. The van der Waals surface area contributed by atoms with Crippen LogP contribution in [0.15, 0.2) is 28.7 Å². The molecule has 120 valence electrons. The quantitative estimate of drug-likeness (QED) is 0.910. The standard InChI is InChI=1S/C17H18ClN3O2/c1-11-12(2)23-17(15(11)8-19)20-16(22)10-21(3)9-13-5-4-6-14(18)7-13/h4-7H,9-10H2,1-3H3,(H,20,22). The molecule has 0 saturated heterocycles. The predicted molar refractivity (Wildman–Crippen MR) is 89.3 cm³/mol. The molecule has 0 aliphatic heterocycles. The number of likely N-dealkylation sites (N-methyl/N-ethyl adjacent to an activating group) is 1. The number of rotatable bonds is 5. The number of nitrogens with zero attached hydrogens (tertiary/aromatic N) is 2. The maximum Gasteiger partial charge on any atom is 0.240 e. The summed E-state index contributed by atoms with van der Waals surface area (Å²) in [6.07, 6.45) is 0. The van der Waals surface area contributed by atoms with Gasteiger partial charge in [-0.2, -0.15) is 5.26 Å². The van der Waals surface area contributed by atoms with Crippen molar-refractivity contribution in [2.24, 2.45) is 0 Å². The minimum absolute atomic E-state index is 0.177. The molecule has 0 radical (unpaired) electrons. The highest BCUT2D eigenvalue weighted by Gasteiger charge is 2.17. The van der Waals surface area contributed by atoms with E-state index in [0.29, 0.717) is 22.9 Å². The summed E-state index contributed by atoms with van der Waals surface area (Å²) in [7, 11) is 1.84. The van der Waals surface area contributed by atoms with Gasteiger partial charge in [0.2, 0.25) is 11.8 Å². The molecule has 1 aromatic heterocycles. The number of nitriles is 1. The third kappa shape index (κ3) is 4.35. The van der Waals surface area contributed by atoms with E-state index in [1.807, 2.05) is 36.2 Å². The van der Waals surface area contributed by atoms with Crippen molar-refractivity contribution in [3.8, 4) is 6.07 Å². The molecule has 0 bridgehead atoms. The van der Waals surface area contributed by atoms with Gasteiger partial charge in [0.15, 0.2) is 0 Å². The molecule has 2 aromatic rings. The molecule has 23 heavy (non-hydrogen) atoms. The summed E-state index contributed by atoms with van der Waals surface area (Å²) in [4.78, 5) is 14.0. The molecule has 0 aliphatic carbocycles. The van der Waals surface area contributed by atoms with Crippen LogP contribution in [-0.4, -0.2) is 24.4 Å². The molecule has 0 fully saturated rings. The van der Waals surface area contributed by atoms with Crippen LogP contribution in [-0.2, 0) is 11.3 Å². The summed E-state index contributed by atoms with van der Waals surface area (Å²) < 4.78 is 5.43. The van der Waals surface area contributed by atoms with Gasteiger partial charge in [0.1, 0.15) is 17.4 Å². The fourth-order valence-electron chi connectivity index (χ4n) is 2.26. The SMILES string of the molecule is Cc1oc(NC(=O)CN(C)Cc2cccc(Cl)c2)c(C#N)c1C. The minimum atomic E-state index is -0.236.